The minimum atomic E-state index is 0.743. The Hall–Kier alpha value is -1.52. The Morgan fingerprint density at radius 3 is 2.76 bits per heavy atom. The Bertz CT molecular complexity index is 372. The zero-order valence-corrected chi connectivity index (χ0v) is 13.8. The van der Waals surface area contributed by atoms with Crippen molar-refractivity contribution in [1.29, 1.82) is 0 Å². The second-order valence-corrected chi connectivity index (χ2v) is 5.42. The average Bonchev–Trinajstić information content (AvgIpc) is 3.02. The number of hydrogen-bond acceptors (Lipinski definition) is 2. The maximum absolute atomic E-state index is 4.28. The number of aliphatic imine (C=N–C) groups is 1. The molecule has 0 fully saturated rings. The molecule has 0 saturated heterocycles. The van der Waals surface area contributed by atoms with Crippen molar-refractivity contribution in [2.24, 2.45) is 10.9 Å². The number of unbranched alkanes of at least 4 members (excludes halogenated alkanes) is 1. The summed E-state index contributed by atoms with van der Waals surface area (Å²) in [6.45, 7) is 7.37. The van der Waals surface area contributed by atoms with E-state index in [2.05, 4.69) is 34.6 Å². The largest absolute Gasteiger partial charge is 0.356 e. The van der Waals surface area contributed by atoms with Gasteiger partial charge in [-0.2, -0.15) is 5.10 Å². The van der Waals surface area contributed by atoms with Crippen LogP contribution in [-0.2, 0) is 6.54 Å². The van der Waals surface area contributed by atoms with Crippen LogP contribution in [0, 0.1) is 5.92 Å². The Kier molecular flexibility index (Phi) is 9.33. The molecule has 0 saturated carbocycles. The Morgan fingerprint density at radius 2 is 2.14 bits per heavy atom. The first-order valence-corrected chi connectivity index (χ1v) is 8.22. The molecule has 0 radical (unpaired) electrons. The van der Waals surface area contributed by atoms with Crippen molar-refractivity contribution in [3.63, 3.8) is 0 Å². The van der Waals surface area contributed by atoms with E-state index in [1.54, 1.807) is 0 Å². The van der Waals surface area contributed by atoms with Gasteiger partial charge in [-0.1, -0.05) is 33.1 Å². The van der Waals surface area contributed by atoms with Crippen LogP contribution >= 0.6 is 0 Å². The predicted molar refractivity (Wildman–Crippen MR) is 89.5 cm³/mol. The monoisotopic (exact) mass is 293 g/mol. The third-order valence-electron chi connectivity index (χ3n) is 3.74. The summed E-state index contributed by atoms with van der Waals surface area (Å²) < 4.78 is 1.95. The molecule has 1 aromatic rings. The van der Waals surface area contributed by atoms with Crippen LogP contribution in [0.5, 0.6) is 0 Å². The van der Waals surface area contributed by atoms with Crippen molar-refractivity contribution in [2.75, 3.05) is 20.1 Å². The quantitative estimate of drug-likeness (QED) is 0.396. The molecule has 0 bridgehead atoms. The van der Waals surface area contributed by atoms with Gasteiger partial charge in [0.2, 0.25) is 0 Å². The van der Waals surface area contributed by atoms with E-state index in [4.69, 9.17) is 0 Å². The maximum atomic E-state index is 4.28. The second kappa shape index (κ2) is 11.2. The fourth-order valence-electron chi connectivity index (χ4n) is 2.29. The molecule has 5 nitrogen and oxygen atoms in total. The molecule has 1 aromatic heterocycles. The molecule has 1 rings (SSSR count). The van der Waals surface area contributed by atoms with Crippen LogP contribution in [0.25, 0.3) is 0 Å². The number of hydrogen-bond donors (Lipinski definition) is 2. The molecule has 0 aliphatic carbocycles. The van der Waals surface area contributed by atoms with Crippen LogP contribution in [0.4, 0.5) is 0 Å². The van der Waals surface area contributed by atoms with Crippen LogP contribution in [0.1, 0.15) is 46.0 Å². The smallest absolute Gasteiger partial charge is 0.190 e. The number of aromatic nitrogens is 2. The highest BCUT2D eigenvalue weighted by atomic mass is 15.3. The van der Waals surface area contributed by atoms with E-state index >= 15 is 0 Å². The van der Waals surface area contributed by atoms with Gasteiger partial charge in [-0.25, -0.2) is 0 Å². The fourth-order valence-corrected chi connectivity index (χ4v) is 2.29. The van der Waals surface area contributed by atoms with Gasteiger partial charge in [0.25, 0.3) is 0 Å². The van der Waals surface area contributed by atoms with Crippen LogP contribution in [-0.4, -0.2) is 35.9 Å². The molecule has 5 heteroatoms. The molecule has 1 heterocycles. The molecule has 0 spiro atoms. The number of guanidine groups is 1. The minimum absolute atomic E-state index is 0.743. The lowest BCUT2D eigenvalue weighted by atomic mass is 9.99. The lowest BCUT2D eigenvalue weighted by Crippen LogP contribution is -2.40. The molecule has 0 amide bonds. The normalized spacial score (nSPS) is 13.2. The SMILES string of the molecule is CCCCC(CC)CNC(=NC)NCCCn1cccn1. The Morgan fingerprint density at radius 1 is 1.29 bits per heavy atom. The standard InChI is InChI=1S/C16H31N5/c1-4-6-9-15(5-2)14-19-16(17-3)18-10-7-12-21-13-8-11-20-21/h8,11,13,15H,4-7,9-10,12,14H2,1-3H3,(H2,17,18,19). The van der Waals surface area contributed by atoms with Crippen molar-refractivity contribution in [3.05, 3.63) is 18.5 Å². The number of nitrogens with one attached hydrogen (secondary N) is 2. The van der Waals surface area contributed by atoms with Gasteiger partial charge >= 0.3 is 0 Å². The summed E-state index contributed by atoms with van der Waals surface area (Å²) in [5.41, 5.74) is 0. The number of nitrogens with zero attached hydrogens (tertiary/aromatic N) is 3. The third kappa shape index (κ3) is 7.73. The van der Waals surface area contributed by atoms with Gasteiger partial charge in [0.05, 0.1) is 0 Å². The zero-order valence-electron chi connectivity index (χ0n) is 13.8. The predicted octanol–water partition coefficient (Wildman–Crippen LogP) is 2.65. The van der Waals surface area contributed by atoms with E-state index in [0.29, 0.717) is 0 Å². The third-order valence-corrected chi connectivity index (χ3v) is 3.74. The summed E-state index contributed by atoms with van der Waals surface area (Å²) in [7, 11) is 1.83. The van der Waals surface area contributed by atoms with Crippen molar-refractivity contribution < 1.29 is 0 Å². The van der Waals surface area contributed by atoms with Gasteiger partial charge in [0.1, 0.15) is 0 Å². The number of aryl methyl sites for hydroxylation is 1. The van der Waals surface area contributed by atoms with Crippen molar-refractivity contribution >= 4 is 5.96 Å². The fraction of sp³-hybridized carbons (Fsp3) is 0.750. The molecule has 0 aliphatic rings. The van der Waals surface area contributed by atoms with Crippen molar-refractivity contribution in [3.8, 4) is 0 Å². The van der Waals surface area contributed by atoms with Crippen LogP contribution in [0.3, 0.4) is 0 Å². The molecule has 2 N–H and O–H groups in total. The maximum Gasteiger partial charge on any atom is 0.190 e. The summed E-state index contributed by atoms with van der Waals surface area (Å²) in [5.74, 6) is 1.65. The topological polar surface area (TPSA) is 54.2 Å². The van der Waals surface area contributed by atoms with Crippen LogP contribution in [0.2, 0.25) is 0 Å². The van der Waals surface area contributed by atoms with Gasteiger partial charge in [0, 0.05) is 39.1 Å². The molecule has 1 atom stereocenters. The van der Waals surface area contributed by atoms with E-state index in [1.165, 1.54) is 25.7 Å². The molecule has 1 unspecified atom stereocenters. The average molecular weight is 293 g/mol. The van der Waals surface area contributed by atoms with E-state index < -0.39 is 0 Å². The van der Waals surface area contributed by atoms with Crippen molar-refractivity contribution in [2.45, 2.75) is 52.5 Å². The first kappa shape index (κ1) is 17.5. The summed E-state index contributed by atoms with van der Waals surface area (Å²) in [4.78, 5) is 4.28. The zero-order chi connectivity index (χ0) is 15.3. The number of rotatable bonds is 10. The minimum Gasteiger partial charge on any atom is -0.356 e. The summed E-state index contributed by atoms with van der Waals surface area (Å²) in [6, 6.07) is 1.95. The van der Waals surface area contributed by atoms with Crippen LogP contribution < -0.4 is 10.6 Å². The van der Waals surface area contributed by atoms with Gasteiger partial charge in [-0.05, 0) is 24.8 Å². The second-order valence-electron chi connectivity index (χ2n) is 5.42. The highest BCUT2D eigenvalue weighted by Crippen LogP contribution is 2.10. The van der Waals surface area contributed by atoms with Gasteiger partial charge < -0.3 is 10.6 Å². The van der Waals surface area contributed by atoms with Crippen molar-refractivity contribution in [1.82, 2.24) is 20.4 Å². The molecular weight excluding hydrogens is 262 g/mol. The molecule has 21 heavy (non-hydrogen) atoms. The summed E-state index contributed by atoms with van der Waals surface area (Å²) in [5, 5.41) is 11.0. The molecule has 120 valence electrons. The molecular formula is C16H31N5. The lowest BCUT2D eigenvalue weighted by Gasteiger charge is -2.18. The summed E-state index contributed by atoms with van der Waals surface area (Å²) >= 11 is 0. The Labute approximate surface area is 129 Å². The van der Waals surface area contributed by atoms with Crippen LogP contribution in [0.15, 0.2) is 23.5 Å². The lowest BCUT2D eigenvalue weighted by molar-refractivity contribution is 0.443. The van der Waals surface area contributed by atoms with Gasteiger partial charge in [-0.15, -0.1) is 0 Å². The van der Waals surface area contributed by atoms with E-state index in [9.17, 15) is 0 Å². The van der Waals surface area contributed by atoms with E-state index in [1.807, 2.05) is 30.2 Å². The first-order valence-electron chi connectivity index (χ1n) is 8.22. The van der Waals surface area contributed by atoms with E-state index in [-0.39, 0.29) is 0 Å². The van der Waals surface area contributed by atoms with Gasteiger partial charge in [0.15, 0.2) is 5.96 Å². The summed E-state index contributed by atoms with van der Waals surface area (Å²) in [6.07, 6.45) is 9.96. The molecule has 0 aliphatic heterocycles. The molecule has 0 aromatic carbocycles. The van der Waals surface area contributed by atoms with E-state index in [0.717, 1.165) is 37.9 Å². The Balaban J connectivity index is 2.16. The highest BCUT2D eigenvalue weighted by molar-refractivity contribution is 5.79. The highest BCUT2D eigenvalue weighted by Gasteiger charge is 2.06. The first-order chi connectivity index (χ1) is 10.3. The van der Waals surface area contributed by atoms with Gasteiger partial charge in [-0.3, -0.25) is 9.67 Å².